The van der Waals surface area contributed by atoms with E-state index in [1.807, 2.05) is 19.1 Å². The molecule has 1 aromatic heterocycles. The van der Waals surface area contributed by atoms with Gasteiger partial charge in [-0.2, -0.15) is 0 Å². The Hall–Kier alpha value is -2.70. The maximum atomic E-state index is 11.3. The average Bonchev–Trinajstić information content (AvgIpc) is 2.63. The minimum atomic E-state index is -0.322. The summed E-state index contributed by atoms with van der Waals surface area (Å²) in [5.74, 6) is 0.964. The van der Waals surface area contributed by atoms with Gasteiger partial charge in [0.15, 0.2) is 0 Å². The first-order valence-corrected chi connectivity index (χ1v) is 8.64. The van der Waals surface area contributed by atoms with Gasteiger partial charge in [-0.1, -0.05) is 13.0 Å². The Balaban J connectivity index is 1.64. The van der Waals surface area contributed by atoms with E-state index in [4.69, 9.17) is 0 Å². The van der Waals surface area contributed by atoms with Crippen molar-refractivity contribution >= 4 is 17.2 Å². The molecule has 2 aromatic rings. The van der Waals surface area contributed by atoms with Crippen LogP contribution in [0.4, 0.5) is 17.2 Å². The van der Waals surface area contributed by atoms with E-state index >= 15 is 0 Å². The lowest BCUT2D eigenvalue weighted by Gasteiger charge is -2.33. The number of aromatic nitrogens is 2. The standard InChI is InChI=1S/C18H23N5O2/c1-3-14-11-18(20-12-19-14)22-8-6-15(7-9-22)21-16-5-4-13(2)10-17(16)23(24)25/h4-5,10-12,15,21H,3,6-9H2,1-2H3. The van der Waals surface area contributed by atoms with Crippen molar-refractivity contribution in [2.24, 2.45) is 0 Å². The van der Waals surface area contributed by atoms with E-state index in [9.17, 15) is 10.1 Å². The topological polar surface area (TPSA) is 84.2 Å². The monoisotopic (exact) mass is 341 g/mol. The third-order valence-corrected chi connectivity index (χ3v) is 4.60. The molecular weight excluding hydrogens is 318 g/mol. The number of rotatable bonds is 5. The zero-order valence-corrected chi connectivity index (χ0v) is 14.6. The van der Waals surface area contributed by atoms with Crippen molar-refractivity contribution < 1.29 is 4.92 Å². The van der Waals surface area contributed by atoms with Gasteiger partial charge in [-0.25, -0.2) is 9.97 Å². The van der Waals surface area contributed by atoms with Crippen molar-refractivity contribution in [3.8, 4) is 0 Å². The first-order chi connectivity index (χ1) is 12.1. The number of hydrogen-bond acceptors (Lipinski definition) is 6. The molecule has 1 aromatic carbocycles. The normalized spacial score (nSPS) is 15.2. The largest absolute Gasteiger partial charge is 0.377 e. The molecule has 0 radical (unpaired) electrons. The van der Waals surface area contributed by atoms with Gasteiger partial charge in [-0.3, -0.25) is 10.1 Å². The molecule has 3 rings (SSSR count). The maximum absolute atomic E-state index is 11.3. The third-order valence-electron chi connectivity index (χ3n) is 4.60. The Bertz CT molecular complexity index is 757. The van der Waals surface area contributed by atoms with Crippen LogP contribution >= 0.6 is 0 Å². The van der Waals surface area contributed by atoms with E-state index in [0.717, 1.165) is 49.4 Å². The van der Waals surface area contributed by atoms with Crippen molar-refractivity contribution in [3.63, 3.8) is 0 Å². The minimum absolute atomic E-state index is 0.144. The summed E-state index contributed by atoms with van der Waals surface area (Å²) in [5, 5.41) is 14.6. The van der Waals surface area contributed by atoms with E-state index < -0.39 is 0 Å². The summed E-state index contributed by atoms with van der Waals surface area (Å²) >= 11 is 0. The highest BCUT2D eigenvalue weighted by Gasteiger charge is 2.23. The number of nitro benzene ring substituents is 1. The van der Waals surface area contributed by atoms with Crippen LogP contribution in [0.5, 0.6) is 0 Å². The van der Waals surface area contributed by atoms with Crippen molar-refractivity contribution in [1.29, 1.82) is 0 Å². The lowest BCUT2D eigenvalue weighted by molar-refractivity contribution is -0.384. The summed E-state index contributed by atoms with van der Waals surface area (Å²) < 4.78 is 0. The fraction of sp³-hybridized carbons (Fsp3) is 0.444. The molecule has 0 unspecified atom stereocenters. The van der Waals surface area contributed by atoms with Gasteiger partial charge in [0.05, 0.1) is 4.92 Å². The van der Waals surface area contributed by atoms with Gasteiger partial charge in [0.1, 0.15) is 17.8 Å². The number of nitrogens with one attached hydrogen (secondary N) is 1. The molecule has 132 valence electrons. The van der Waals surface area contributed by atoms with Crippen LogP contribution in [0, 0.1) is 17.0 Å². The molecule has 1 aliphatic heterocycles. The van der Waals surface area contributed by atoms with E-state index in [0.29, 0.717) is 5.69 Å². The summed E-state index contributed by atoms with van der Waals surface area (Å²) in [5.41, 5.74) is 2.68. The fourth-order valence-corrected chi connectivity index (χ4v) is 3.14. The second-order valence-corrected chi connectivity index (χ2v) is 6.40. The third kappa shape index (κ3) is 4.04. The second kappa shape index (κ2) is 7.46. The molecule has 25 heavy (non-hydrogen) atoms. The smallest absolute Gasteiger partial charge is 0.292 e. The van der Waals surface area contributed by atoms with E-state index in [1.165, 1.54) is 0 Å². The van der Waals surface area contributed by atoms with Crippen LogP contribution in [-0.2, 0) is 6.42 Å². The van der Waals surface area contributed by atoms with Crippen LogP contribution in [0.15, 0.2) is 30.6 Å². The zero-order valence-electron chi connectivity index (χ0n) is 14.6. The van der Waals surface area contributed by atoms with Gasteiger partial charge in [-0.05, 0) is 37.8 Å². The SMILES string of the molecule is CCc1cc(N2CCC(Nc3ccc(C)cc3[N+](=O)[O-])CC2)ncn1. The van der Waals surface area contributed by atoms with Crippen molar-refractivity contribution in [1.82, 2.24) is 9.97 Å². The van der Waals surface area contributed by atoms with Gasteiger partial charge >= 0.3 is 0 Å². The Morgan fingerprint density at radius 3 is 2.72 bits per heavy atom. The number of piperidine rings is 1. The molecule has 1 fully saturated rings. The second-order valence-electron chi connectivity index (χ2n) is 6.40. The van der Waals surface area contributed by atoms with Gasteiger partial charge in [0.25, 0.3) is 5.69 Å². The molecule has 0 spiro atoms. The zero-order chi connectivity index (χ0) is 17.8. The number of benzene rings is 1. The quantitative estimate of drug-likeness (QED) is 0.663. The van der Waals surface area contributed by atoms with E-state index in [2.05, 4.69) is 27.1 Å². The molecular formula is C18H23N5O2. The first kappa shape index (κ1) is 17.1. The molecule has 0 saturated carbocycles. The molecule has 0 amide bonds. The Labute approximate surface area is 147 Å². The van der Waals surface area contributed by atoms with E-state index in [-0.39, 0.29) is 16.7 Å². The number of nitro groups is 1. The molecule has 0 atom stereocenters. The highest BCUT2D eigenvalue weighted by Crippen LogP contribution is 2.28. The van der Waals surface area contributed by atoms with E-state index in [1.54, 1.807) is 18.5 Å². The van der Waals surface area contributed by atoms with Crippen molar-refractivity contribution in [2.45, 2.75) is 39.2 Å². The van der Waals surface area contributed by atoms with Gasteiger partial charge < -0.3 is 10.2 Å². The summed E-state index contributed by atoms with van der Waals surface area (Å²) in [4.78, 5) is 21.8. The Morgan fingerprint density at radius 1 is 1.28 bits per heavy atom. The van der Waals surface area contributed by atoms with Crippen LogP contribution in [0.2, 0.25) is 0 Å². The molecule has 0 aliphatic carbocycles. The van der Waals surface area contributed by atoms with Gasteiger partial charge in [0.2, 0.25) is 0 Å². The van der Waals surface area contributed by atoms with Crippen LogP contribution in [-0.4, -0.2) is 34.0 Å². The van der Waals surface area contributed by atoms with Crippen molar-refractivity contribution in [2.75, 3.05) is 23.3 Å². The summed E-state index contributed by atoms with van der Waals surface area (Å²) in [6.45, 7) is 5.69. The highest BCUT2D eigenvalue weighted by atomic mass is 16.6. The Kier molecular flexibility index (Phi) is 5.11. The average molecular weight is 341 g/mol. The molecule has 0 bridgehead atoms. The maximum Gasteiger partial charge on any atom is 0.292 e. The molecule has 1 N–H and O–H groups in total. The fourth-order valence-electron chi connectivity index (χ4n) is 3.14. The van der Waals surface area contributed by atoms with Gasteiger partial charge in [-0.15, -0.1) is 0 Å². The predicted octanol–water partition coefficient (Wildman–Crippen LogP) is 3.34. The number of hydrogen-bond donors (Lipinski definition) is 1. The summed E-state index contributed by atoms with van der Waals surface area (Å²) in [7, 11) is 0. The molecule has 7 nitrogen and oxygen atoms in total. The van der Waals surface area contributed by atoms with Crippen LogP contribution in [0.3, 0.4) is 0 Å². The lowest BCUT2D eigenvalue weighted by Crippen LogP contribution is -2.39. The molecule has 2 heterocycles. The van der Waals surface area contributed by atoms with Crippen molar-refractivity contribution in [3.05, 3.63) is 52.0 Å². The highest BCUT2D eigenvalue weighted by molar-refractivity contribution is 5.63. The number of anilines is 2. The van der Waals surface area contributed by atoms with Crippen LogP contribution in [0.25, 0.3) is 0 Å². The lowest BCUT2D eigenvalue weighted by atomic mass is 10.0. The Morgan fingerprint density at radius 2 is 2.04 bits per heavy atom. The van der Waals surface area contributed by atoms with Gasteiger partial charge in [0, 0.05) is 37.0 Å². The summed E-state index contributed by atoms with van der Waals surface area (Å²) in [6, 6.07) is 7.59. The molecule has 7 heteroatoms. The van der Waals surface area contributed by atoms with Crippen LogP contribution < -0.4 is 10.2 Å². The van der Waals surface area contributed by atoms with Crippen LogP contribution in [0.1, 0.15) is 31.0 Å². The molecule has 1 aliphatic rings. The summed E-state index contributed by atoms with van der Waals surface area (Å²) in [6.07, 6.45) is 4.34. The first-order valence-electron chi connectivity index (χ1n) is 8.64. The molecule has 1 saturated heterocycles. The number of nitrogens with zero attached hydrogens (tertiary/aromatic N) is 4. The number of aryl methyl sites for hydroxylation is 2. The predicted molar refractivity (Wildman–Crippen MR) is 98.1 cm³/mol. The minimum Gasteiger partial charge on any atom is -0.377 e.